The van der Waals surface area contributed by atoms with Crippen molar-refractivity contribution in [2.45, 2.75) is 18.9 Å². The Kier molecular flexibility index (Phi) is 5.29. The monoisotopic (exact) mass is 333 g/mol. The van der Waals surface area contributed by atoms with Gasteiger partial charge in [-0.2, -0.15) is 5.26 Å². The van der Waals surface area contributed by atoms with Gasteiger partial charge in [0.2, 0.25) is 5.91 Å². The van der Waals surface area contributed by atoms with E-state index in [-0.39, 0.29) is 11.4 Å². The Morgan fingerprint density at radius 1 is 1.30 bits per heavy atom. The highest BCUT2D eigenvalue weighted by Crippen LogP contribution is 2.24. The van der Waals surface area contributed by atoms with Gasteiger partial charge in [0.15, 0.2) is 11.6 Å². The van der Waals surface area contributed by atoms with Gasteiger partial charge in [0.1, 0.15) is 11.1 Å². The molecular weight excluding hydrogens is 320 g/mol. The number of aromatic nitrogens is 1. The first-order chi connectivity index (χ1) is 10.9. The first-order valence-corrected chi connectivity index (χ1v) is 7.65. The number of carbonyl (C=O) groups is 1. The molecule has 7 heteroatoms. The fourth-order valence-corrected chi connectivity index (χ4v) is 2.85. The van der Waals surface area contributed by atoms with Gasteiger partial charge in [0.05, 0.1) is 11.3 Å². The van der Waals surface area contributed by atoms with Gasteiger partial charge < -0.3 is 5.32 Å². The van der Waals surface area contributed by atoms with Gasteiger partial charge in [0.25, 0.3) is 0 Å². The van der Waals surface area contributed by atoms with Gasteiger partial charge in [-0.3, -0.25) is 4.79 Å². The molecule has 0 aliphatic carbocycles. The molecule has 0 atom stereocenters. The van der Waals surface area contributed by atoms with E-state index in [9.17, 15) is 13.6 Å². The minimum Gasteiger partial charge on any atom is -0.325 e. The molecule has 1 amide bonds. The minimum atomic E-state index is -1.03. The number of carbonyl (C=O) groups excluding carboxylic acids is 1. The maximum Gasteiger partial charge on any atom is 0.234 e. The molecule has 0 fully saturated rings. The lowest BCUT2D eigenvalue weighted by molar-refractivity contribution is -0.113. The van der Waals surface area contributed by atoms with Crippen molar-refractivity contribution in [2.75, 3.05) is 11.1 Å². The summed E-state index contributed by atoms with van der Waals surface area (Å²) in [6, 6.07) is 6.99. The van der Waals surface area contributed by atoms with Crippen LogP contribution < -0.4 is 5.32 Å². The molecule has 0 unspecified atom stereocenters. The summed E-state index contributed by atoms with van der Waals surface area (Å²) in [5.74, 6) is -2.40. The van der Waals surface area contributed by atoms with Crippen molar-refractivity contribution in [1.29, 1.82) is 5.26 Å². The number of amides is 1. The highest BCUT2D eigenvalue weighted by Gasteiger charge is 2.12. The zero-order valence-corrected chi connectivity index (χ0v) is 13.3. The van der Waals surface area contributed by atoms with Crippen LogP contribution >= 0.6 is 11.8 Å². The van der Waals surface area contributed by atoms with E-state index in [0.29, 0.717) is 10.6 Å². The molecule has 1 aromatic heterocycles. The third-order valence-electron chi connectivity index (χ3n) is 2.97. The predicted molar refractivity (Wildman–Crippen MR) is 84.1 cm³/mol. The Balaban J connectivity index is 2.05. The number of thioether (sulfide) groups is 1. The third-order valence-corrected chi connectivity index (χ3v) is 3.94. The molecule has 1 aromatic carbocycles. The van der Waals surface area contributed by atoms with E-state index >= 15 is 0 Å². The predicted octanol–water partition coefficient (Wildman–Crippen LogP) is 3.58. The molecule has 4 nitrogen and oxygen atoms in total. The van der Waals surface area contributed by atoms with E-state index in [1.165, 1.54) is 6.07 Å². The minimum absolute atomic E-state index is 0.00354. The smallest absolute Gasteiger partial charge is 0.234 e. The molecule has 1 heterocycles. The summed E-state index contributed by atoms with van der Waals surface area (Å²) in [6.07, 6.45) is 0. The lowest BCUT2D eigenvalue weighted by Gasteiger charge is -2.08. The van der Waals surface area contributed by atoms with Gasteiger partial charge in [-0.1, -0.05) is 11.8 Å². The van der Waals surface area contributed by atoms with E-state index in [4.69, 9.17) is 5.26 Å². The van der Waals surface area contributed by atoms with Gasteiger partial charge >= 0.3 is 0 Å². The van der Waals surface area contributed by atoms with Crippen LogP contribution in [0.2, 0.25) is 0 Å². The number of nitrogens with zero attached hydrogens (tertiary/aromatic N) is 2. The molecule has 0 saturated heterocycles. The summed E-state index contributed by atoms with van der Waals surface area (Å²) in [5.41, 5.74) is 2.15. The van der Waals surface area contributed by atoms with Crippen LogP contribution in [-0.4, -0.2) is 16.6 Å². The topological polar surface area (TPSA) is 65.8 Å². The van der Waals surface area contributed by atoms with Crippen LogP contribution in [0, 0.1) is 36.8 Å². The zero-order chi connectivity index (χ0) is 17.0. The summed E-state index contributed by atoms with van der Waals surface area (Å²) in [5, 5.41) is 12.1. The number of rotatable bonds is 4. The number of nitriles is 1. The van der Waals surface area contributed by atoms with Gasteiger partial charge in [0, 0.05) is 17.4 Å². The quantitative estimate of drug-likeness (QED) is 0.869. The fraction of sp³-hybridized carbons (Fsp3) is 0.188. The lowest BCUT2D eigenvalue weighted by atomic mass is 10.1. The Labute approximate surface area is 136 Å². The number of hydrogen-bond donors (Lipinski definition) is 1. The van der Waals surface area contributed by atoms with E-state index in [2.05, 4.69) is 16.4 Å². The van der Waals surface area contributed by atoms with Crippen LogP contribution in [0.5, 0.6) is 0 Å². The summed E-state index contributed by atoms with van der Waals surface area (Å²) < 4.78 is 25.9. The van der Waals surface area contributed by atoms with Crippen LogP contribution in [-0.2, 0) is 4.79 Å². The number of halogens is 2. The first kappa shape index (κ1) is 16.9. The third kappa shape index (κ3) is 4.27. The molecule has 0 saturated carbocycles. The summed E-state index contributed by atoms with van der Waals surface area (Å²) in [7, 11) is 0. The number of nitrogens with one attached hydrogen (secondary N) is 1. The highest BCUT2D eigenvalue weighted by molar-refractivity contribution is 8.00. The van der Waals surface area contributed by atoms with Crippen molar-refractivity contribution < 1.29 is 13.6 Å². The molecule has 0 radical (unpaired) electrons. The van der Waals surface area contributed by atoms with Crippen LogP contribution in [0.15, 0.2) is 29.3 Å². The standard InChI is InChI=1S/C16H13F2N3OS/c1-9-5-10(2)20-16(12(9)7-19)23-8-15(22)21-11-3-4-13(17)14(18)6-11/h3-6H,8H2,1-2H3,(H,21,22). The van der Waals surface area contributed by atoms with Crippen molar-refractivity contribution in [3.8, 4) is 6.07 Å². The number of benzene rings is 1. The average Bonchev–Trinajstić information content (AvgIpc) is 2.48. The Morgan fingerprint density at radius 2 is 2.04 bits per heavy atom. The summed E-state index contributed by atoms with van der Waals surface area (Å²) >= 11 is 1.12. The summed E-state index contributed by atoms with van der Waals surface area (Å²) in [6.45, 7) is 3.61. The van der Waals surface area contributed by atoms with E-state index in [1.54, 1.807) is 19.9 Å². The molecule has 0 aliphatic rings. The SMILES string of the molecule is Cc1cc(C)c(C#N)c(SCC(=O)Nc2ccc(F)c(F)c2)n1. The second kappa shape index (κ2) is 7.20. The van der Waals surface area contributed by atoms with E-state index in [0.717, 1.165) is 35.2 Å². The summed E-state index contributed by atoms with van der Waals surface area (Å²) in [4.78, 5) is 16.2. The molecular formula is C16H13F2N3OS. The van der Waals surface area contributed by atoms with Crippen molar-refractivity contribution >= 4 is 23.4 Å². The van der Waals surface area contributed by atoms with Crippen LogP contribution in [0.3, 0.4) is 0 Å². The van der Waals surface area contributed by atoms with Crippen LogP contribution in [0.4, 0.5) is 14.5 Å². The molecule has 0 aliphatic heterocycles. The largest absolute Gasteiger partial charge is 0.325 e. The van der Waals surface area contributed by atoms with Gasteiger partial charge in [-0.05, 0) is 37.6 Å². The van der Waals surface area contributed by atoms with Crippen molar-refractivity contribution in [3.63, 3.8) is 0 Å². The molecule has 1 N–H and O–H groups in total. The Bertz CT molecular complexity index is 803. The molecule has 0 bridgehead atoms. The van der Waals surface area contributed by atoms with E-state index in [1.807, 2.05) is 0 Å². The number of anilines is 1. The normalized spacial score (nSPS) is 10.2. The van der Waals surface area contributed by atoms with E-state index < -0.39 is 17.5 Å². The first-order valence-electron chi connectivity index (χ1n) is 6.66. The molecule has 23 heavy (non-hydrogen) atoms. The number of hydrogen-bond acceptors (Lipinski definition) is 4. The molecule has 118 valence electrons. The number of pyridine rings is 1. The Hall–Kier alpha value is -2.46. The molecule has 2 aromatic rings. The molecule has 2 rings (SSSR count). The molecule has 0 spiro atoms. The van der Waals surface area contributed by atoms with Gasteiger partial charge in [-0.15, -0.1) is 0 Å². The average molecular weight is 333 g/mol. The fourth-order valence-electron chi connectivity index (χ4n) is 1.95. The lowest BCUT2D eigenvalue weighted by Crippen LogP contribution is -2.14. The maximum absolute atomic E-state index is 13.1. The highest BCUT2D eigenvalue weighted by atomic mass is 32.2. The number of aryl methyl sites for hydroxylation is 2. The maximum atomic E-state index is 13.1. The van der Waals surface area contributed by atoms with Crippen molar-refractivity contribution in [2.24, 2.45) is 0 Å². The van der Waals surface area contributed by atoms with Crippen LogP contribution in [0.25, 0.3) is 0 Å². The van der Waals surface area contributed by atoms with Crippen molar-refractivity contribution in [1.82, 2.24) is 4.98 Å². The zero-order valence-electron chi connectivity index (χ0n) is 12.5. The van der Waals surface area contributed by atoms with Crippen molar-refractivity contribution in [3.05, 3.63) is 52.7 Å². The Morgan fingerprint density at radius 3 is 2.70 bits per heavy atom. The van der Waals surface area contributed by atoms with Crippen LogP contribution in [0.1, 0.15) is 16.8 Å². The second-order valence-corrected chi connectivity index (χ2v) is 5.80. The second-order valence-electron chi connectivity index (χ2n) is 4.84. The van der Waals surface area contributed by atoms with Gasteiger partial charge in [-0.25, -0.2) is 13.8 Å².